The van der Waals surface area contributed by atoms with E-state index in [0.29, 0.717) is 17.2 Å². The zero-order valence-corrected chi connectivity index (χ0v) is 15.4. The summed E-state index contributed by atoms with van der Waals surface area (Å²) in [6.07, 6.45) is 3.24. The Morgan fingerprint density at radius 2 is 2.14 bits per heavy atom. The highest BCUT2D eigenvalue weighted by Crippen LogP contribution is 2.34. The predicted molar refractivity (Wildman–Crippen MR) is 96.9 cm³/mol. The quantitative estimate of drug-likeness (QED) is 0.403. The number of carbonyl (C=O) groups excluding carboxylic acids is 1. The number of thiophene rings is 1. The van der Waals surface area contributed by atoms with E-state index in [4.69, 9.17) is 4.74 Å². The van der Waals surface area contributed by atoms with Crippen LogP contribution in [0.15, 0.2) is 56.3 Å². The number of amides is 1. The molecule has 0 saturated heterocycles. The number of ether oxygens (including phenoxy) is 1. The molecule has 0 saturated carbocycles. The third kappa shape index (κ3) is 4.53. The number of hydrogen-bond acceptors (Lipinski definition) is 4. The maximum Gasteiger partial charge on any atom is 0.281 e. The molecule has 4 nitrogen and oxygen atoms in total. The molecule has 0 unspecified atom stereocenters. The van der Waals surface area contributed by atoms with E-state index >= 15 is 0 Å². The first-order valence-electron chi connectivity index (χ1n) is 6.21. The van der Waals surface area contributed by atoms with Gasteiger partial charge in [-0.15, -0.1) is 11.3 Å². The van der Waals surface area contributed by atoms with Crippen LogP contribution in [0.1, 0.15) is 15.2 Å². The van der Waals surface area contributed by atoms with Gasteiger partial charge in [-0.05, 0) is 61.0 Å². The van der Waals surface area contributed by atoms with Gasteiger partial charge in [0.2, 0.25) is 0 Å². The van der Waals surface area contributed by atoms with Gasteiger partial charge in [0.25, 0.3) is 5.91 Å². The standard InChI is InChI=1S/C15H12Br2N2O2S/c1-2-5-21-14-11(16)7-10(8-12(14)17)9-18-19-15(20)13-4-3-6-22-13/h2-4,6-9H,1,5H2,(H,19,20)/b18-9-. The predicted octanol–water partition coefficient (Wildman–Crippen LogP) is 4.60. The third-order valence-electron chi connectivity index (χ3n) is 2.49. The molecule has 0 aliphatic carbocycles. The van der Waals surface area contributed by atoms with Crippen LogP contribution in [-0.2, 0) is 0 Å². The smallest absolute Gasteiger partial charge is 0.281 e. The lowest BCUT2D eigenvalue weighted by Crippen LogP contribution is -2.16. The molecule has 0 aliphatic rings. The zero-order chi connectivity index (χ0) is 15.9. The van der Waals surface area contributed by atoms with E-state index in [1.165, 1.54) is 11.3 Å². The Kier molecular flexibility index (Phi) is 6.35. The molecular weight excluding hydrogens is 432 g/mol. The fourth-order valence-corrected chi connectivity index (χ4v) is 3.63. The van der Waals surface area contributed by atoms with Crippen molar-refractivity contribution in [2.24, 2.45) is 5.10 Å². The van der Waals surface area contributed by atoms with Crippen LogP contribution in [0.2, 0.25) is 0 Å². The highest BCUT2D eigenvalue weighted by atomic mass is 79.9. The van der Waals surface area contributed by atoms with Gasteiger partial charge in [0, 0.05) is 0 Å². The van der Waals surface area contributed by atoms with Crippen molar-refractivity contribution in [3.8, 4) is 5.75 Å². The zero-order valence-electron chi connectivity index (χ0n) is 11.4. The fraction of sp³-hybridized carbons (Fsp3) is 0.0667. The number of nitrogens with one attached hydrogen (secondary N) is 1. The first kappa shape index (κ1) is 16.9. The molecule has 114 valence electrons. The first-order valence-corrected chi connectivity index (χ1v) is 8.68. The fourth-order valence-electron chi connectivity index (χ4n) is 1.56. The minimum atomic E-state index is -0.227. The van der Waals surface area contributed by atoms with Crippen molar-refractivity contribution in [2.45, 2.75) is 0 Å². The molecule has 0 radical (unpaired) electrons. The van der Waals surface area contributed by atoms with Crippen LogP contribution in [0.4, 0.5) is 0 Å². The second kappa shape index (κ2) is 8.26. The van der Waals surface area contributed by atoms with Gasteiger partial charge >= 0.3 is 0 Å². The Morgan fingerprint density at radius 3 is 2.73 bits per heavy atom. The molecule has 1 aromatic heterocycles. The molecule has 0 bridgehead atoms. The molecule has 2 rings (SSSR count). The van der Waals surface area contributed by atoms with Crippen LogP contribution >= 0.6 is 43.2 Å². The second-order valence-corrected chi connectivity index (χ2v) is 6.75. The summed E-state index contributed by atoms with van der Waals surface area (Å²) in [5.74, 6) is 0.468. The molecule has 0 fully saturated rings. The monoisotopic (exact) mass is 442 g/mol. The molecule has 2 aromatic rings. The van der Waals surface area contributed by atoms with Crippen molar-refractivity contribution in [3.63, 3.8) is 0 Å². The molecule has 1 aromatic carbocycles. The Hall–Kier alpha value is -1.44. The lowest BCUT2D eigenvalue weighted by molar-refractivity contribution is 0.0959. The number of benzene rings is 1. The maximum absolute atomic E-state index is 11.7. The Bertz CT molecular complexity index is 677. The van der Waals surface area contributed by atoms with E-state index in [1.807, 2.05) is 23.6 Å². The van der Waals surface area contributed by atoms with Crippen LogP contribution in [0, 0.1) is 0 Å². The van der Waals surface area contributed by atoms with Gasteiger partial charge in [0.1, 0.15) is 12.4 Å². The van der Waals surface area contributed by atoms with Crippen molar-refractivity contribution in [3.05, 3.63) is 61.7 Å². The van der Waals surface area contributed by atoms with Gasteiger partial charge in [-0.25, -0.2) is 5.43 Å². The van der Waals surface area contributed by atoms with Crippen LogP contribution in [0.3, 0.4) is 0 Å². The summed E-state index contributed by atoms with van der Waals surface area (Å²) in [6.45, 7) is 4.03. The summed E-state index contributed by atoms with van der Waals surface area (Å²) in [5, 5.41) is 5.80. The van der Waals surface area contributed by atoms with E-state index in [1.54, 1.807) is 18.4 Å². The lowest BCUT2D eigenvalue weighted by Gasteiger charge is -2.09. The number of rotatable bonds is 6. The van der Waals surface area contributed by atoms with Gasteiger partial charge in [0.15, 0.2) is 0 Å². The SMILES string of the molecule is C=CCOc1c(Br)cc(/C=N\NC(=O)c2cccs2)cc1Br. The van der Waals surface area contributed by atoms with Gasteiger partial charge in [-0.1, -0.05) is 18.7 Å². The van der Waals surface area contributed by atoms with Crippen molar-refractivity contribution in [2.75, 3.05) is 6.61 Å². The lowest BCUT2D eigenvalue weighted by atomic mass is 10.2. The minimum absolute atomic E-state index is 0.227. The van der Waals surface area contributed by atoms with Crippen molar-refractivity contribution in [1.29, 1.82) is 0 Å². The summed E-state index contributed by atoms with van der Waals surface area (Å²) < 4.78 is 7.11. The van der Waals surface area contributed by atoms with Gasteiger partial charge in [-0.2, -0.15) is 5.10 Å². The summed E-state index contributed by atoms with van der Waals surface area (Å²) in [6, 6.07) is 7.27. The third-order valence-corrected chi connectivity index (χ3v) is 4.54. The summed E-state index contributed by atoms with van der Waals surface area (Å²) in [4.78, 5) is 12.4. The van der Waals surface area contributed by atoms with E-state index < -0.39 is 0 Å². The van der Waals surface area contributed by atoms with Crippen LogP contribution in [-0.4, -0.2) is 18.7 Å². The minimum Gasteiger partial charge on any atom is -0.487 e. The molecule has 0 spiro atoms. The van der Waals surface area contributed by atoms with Gasteiger partial charge < -0.3 is 4.74 Å². The summed E-state index contributed by atoms with van der Waals surface area (Å²) in [5.41, 5.74) is 3.30. The maximum atomic E-state index is 11.7. The molecule has 1 N–H and O–H groups in total. The average molecular weight is 444 g/mol. The van der Waals surface area contributed by atoms with E-state index in [-0.39, 0.29) is 5.91 Å². The van der Waals surface area contributed by atoms with E-state index in [0.717, 1.165) is 14.5 Å². The molecule has 7 heteroatoms. The number of halogens is 2. The number of hydrogen-bond donors (Lipinski definition) is 1. The molecule has 1 heterocycles. The highest BCUT2D eigenvalue weighted by Gasteiger charge is 2.08. The average Bonchev–Trinajstić information content (AvgIpc) is 3.00. The number of nitrogens with zero attached hydrogens (tertiary/aromatic N) is 1. The normalized spacial score (nSPS) is 10.6. The number of hydrazone groups is 1. The van der Waals surface area contributed by atoms with E-state index in [2.05, 4.69) is 49.0 Å². The summed E-state index contributed by atoms with van der Waals surface area (Å²) in [7, 11) is 0. The Morgan fingerprint density at radius 1 is 1.41 bits per heavy atom. The van der Waals surface area contributed by atoms with Crippen LogP contribution in [0.5, 0.6) is 5.75 Å². The molecule has 0 atom stereocenters. The van der Waals surface area contributed by atoms with Crippen molar-refractivity contribution >= 4 is 55.3 Å². The Labute approximate surface area is 149 Å². The van der Waals surface area contributed by atoms with Gasteiger partial charge in [0.05, 0.1) is 20.0 Å². The molecule has 22 heavy (non-hydrogen) atoms. The highest BCUT2D eigenvalue weighted by molar-refractivity contribution is 9.11. The van der Waals surface area contributed by atoms with E-state index in [9.17, 15) is 4.79 Å². The van der Waals surface area contributed by atoms with Crippen molar-refractivity contribution < 1.29 is 9.53 Å². The topological polar surface area (TPSA) is 50.7 Å². The summed E-state index contributed by atoms with van der Waals surface area (Å²) >= 11 is 8.25. The van der Waals surface area contributed by atoms with Crippen LogP contribution in [0.25, 0.3) is 0 Å². The van der Waals surface area contributed by atoms with Gasteiger partial charge in [-0.3, -0.25) is 4.79 Å². The van der Waals surface area contributed by atoms with Crippen LogP contribution < -0.4 is 10.2 Å². The Balaban J connectivity index is 2.05. The molecule has 1 amide bonds. The molecular formula is C15H12Br2N2O2S. The molecule has 0 aliphatic heterocycles. The largest absolute Gasteiger partial charge is 0.487 e. The number of carbonyl (C=O) groups is 1. The second-order valence-electron chi connectivity index (χ2n) is 4.09. The van der Waals surface area contributed by atoms with Crippen molar-refractivity contribution in [1.82, 2.24) is 5.43 Å². The first-order chi connectivity index (χ1) is 10.6.